The van der Waals surface area contributed by atoms with Crippen LogP contribution in [0, 0.1) is 0 Å². The molecule has 0 unspecified atom stereocenters. The van der Waals surface area contributed by atoms with Gasteiger partial charge in [0.1, 0.15) is 0 Å². The first-order valence-electron chi connectivity index (χ1n) is 7.24. The molecule has 2 aromatic carbocycles. The lowest BCUT2D eigenvalue weighted by atomic mass is 10.2. The largest absolute Gasteiger partial charge is 0.419 e. The molecule has 0 saturated heterocycles. The fourth-order valence-electron chi connectivity index (χ4n) is 2.23. The van der Waals surface area contributed by atoms with E-state index in [-0.39, 0.29) is 21.7 Å². The van der Waals surface area contributed by atoms with Crippen LogP contribution < -0.4 is 4.90 Å². The van der Waals surface area contributed by atoms with E-state index >= 15 is 0 Å². The maximum Gasteiger partial charge on any atom is 0.235 e. The van der Waals surface area contributed by atoms with Crippen molar-refractivity contribution in [3.05, 3.63) is 58.0 Å². The molecule has 1 aromatic heterocycles. The zero-order valence-electron chi connectivity index (χ0n) is 13.4. The molecule has 0 amide bonds. The van der Waals surface area contributed by atoms with Gasteiger partial charge in [0.2, 0.25) is 26.6 Å². The number of benzene rings is 2. The minimum absolute atomic E-state index is 0.137. The lowest BCUT2D eigenvalue weighted by Gasteiger charge is -2.10. The van der Waals surface area contributed by atoms with Crippen molar-refractivity contribution >= 4 is 43.3 Å². The second kappa shape index (κ2) is 6.82. The maximum absolute atomic E-state index is 13.0. The van der Waals surface area contributed by atoms with Crippen LogP contribution in [0.25, 0.3) is 11.5 Å². The van der Waals surface area contributed by atoms with Gasteiger partial charge in [0.05, 0.1) is 15.5 Å². The Labute approximate surface area is 159 Å². The molecule has 3 rings (SSSR count). The summed E-state index contributed by atoms with van der Waals surface area (Å²) in [7, 11) is -0.458. The van der Waals surface area contributed by atoms with Crippen molar-refractivity contribution in [3.63, 3.8) is 0 Å². The molecule has 0 fully saturated rings. The summed E-state index contributed by atoms with van der Waals surface area (Å²) < 4.78 is 32.5. The second-order valence-corrected chi connectivity index (χ2v) is 8.65. The minimum Gasteiger partial charge on any atom is -0.419 e. The first kappa shape index (κ1) is 18.0. The van der Waals surface area contributed by atoms with Crippen molar-refractivity contribution in [2.45, 2.75) is 9.92 Å². The van der Waals surface area contributed by atoms with Crippen molar-refractivity contribution in [1.29, 1.82) is 0 Å². The van der Waals surface area contributed by atoms with Gasteiger partial charge in [-0.05, 0) is 36.4 Å². The highest BCUT2D eigenvalue weighted by Gasteiger charge is 2.29. The molecule has 0 aliphatic heterocycles. The van der Waals surface area contributed by atoms with Gasteiger partial charge in [-0.3, -0.25) is 0 Å². The van der Waals surface area contributed by atoms with Gasteiger partial charge in [0, 0.05) is 18.6 Å². The maximum atomic E-state index is 13.0. The molecule has 3 aromatic rings. The van der Waals surface area contributed by atoms with E-state index in [4.69, 9.17) is 16.0 Å². The van der Waals surface area contributed by atoms with Gasteiger partial charge in [-0.25, -0.2) is 8.42 Å². The van der Waals surface area contributed by atoms with Crippen LogP contribution in [0.3, 0.4) is 0 Å². The van der Waals surface area contributed by atoms with Crippen LogP contribution in [-0.2, 0) is 9.84 Å². The Bertz CT molecular complexity index is 1010. The molecule has 0 radical (unpaired) electrons. The van der Waals surface area contributed by atoms with E-state index in [2.05, 4.69) is 20.9 Å². The molecule has 8 heteroatoms. The number of aromatic nitrogens is 1. The standard InChI is InChI=1S/C17H14BrClN2O3S/c1-21(2)17-16(25(22,23)12-9-7-11(18)8-10-12)20-15(24-17)13-5-3-4-6-14(13)19/h3-10H,1-2H3. The number of rotatable bonds is 4. The summed E-state index contributed by atoms with van der Waals surface area (Å²) >= 11 is 9.48. The Balaban J connectivity index is 2.19. The molecular formula is C17H14BrClN2O3S. The molecule has 25 heavy (non-hydrogen) atoms. The average molecular weight is 442 g/mol. The topological polar surface area (TPSA) is 63.4 Å². The van der Waals surface area contributed by atoms with Crippen molar-refractivity contribution < 1.29 is 12.8 Å². The number of hydrogen-bond donors (Lipinski definition) is 0. The molecule has 0 saturated carbocycles. The van der Waals surface area contributed by atoms with Gasteiger partial charge in [0.25, 0.3) is 0 Å². The van der Waals surface area contributed by atoms with E-state index in [0.29, 0.717) is 10.6 Å². The van der Waals surface area contributed by atoms with Crippen LogP contribution in [0.4, 0.5) is 5.88 Å². The van der Waals surface area contributed by atoms with Crippen LogP contribution in [0.5, 0.6) is 0 Å². The average Bonchev–Trinajstić information content (AvgIpc) is 3.02. The highest BCUT2D eigenvalue weighted by Crippen LogP contribution is 2.36. The molecule has 1 heterocycles. The zero-order valence-corrected chi connectivity index (χ0v) is 16.6. The SMILES string of the molecule is CN(C)c1oc(-c2ccccc2Cl)nc1S(=O)(=O)c1ccc(Br)cc1. The second-order valence-electron chi connectivity index (χ2n) is 5.46. The third-order valence-corrected chi connectivity index (χ3v) is 5.99. The Morgan fingerprint density at radius 2 is 1.72 bits per heavy atom. The summed E-state index contributed by atoms with van der Waals surface area (Å²) in [6.45, 7) is 0. The molecule has 0 aliphatic carbocycles. The molecule has 0 spiro atoms. The first-order valence-corrected chi connectivity index (χ1v) is 9.90. The lowest BCUT2D eigenvalue weighted by molar-refractivity contribution is 0.564. The molecule has 130 valence electrons. The summed E-state index contributed by atoms with van der Waals surface area (Å²) in [6.07, 6.45) is 0. The van der Waals surface area contributed by atoms with Gasteiger partial charge in [0.15, 0.2) is 0 Å². The Kier molecular flexibility index (Phi) is 4.90. The summed E-state index contributed by atoms with van der Waals surface area (Å²) in [6, 6.07) is 13.3. The van der Waals surface area contributed by atoms with E-state index in [9.17, 15) is 8.42 Å². The summed E-state index contributed by atoms with van der Waals surface area (Å²) in [5.74, 6) is 0.308. The van der Waals surface area contributed by atoms with Crippen molar-refractivity contribution in [1.82, 2.24) is 4.98 Å². The molecule has 0 aliphatic rings. The Morgan fingerprint density at radius 3 is 2.32 bits per heavy atom. The Morgan fingerprint density at radius 1 is 1.08 bits per heavy atom. The van der Waals surface area contributed by atoms with Crippen LogP contribution in [0.15, 0.2) is 67.3 Å². The summed E-state index contributed by atoms with van der Waals surface area (Å²) in [4.78, 5) is 5.95. The summed E-state index contributed by atoms with van der Waals surface area (Å²) in [5.41, 5.74) is 0.532. The highest BCUT2D eigenvalue weighted by molar-refractivity contribution is 9.10. The molecule has 0 N–H and O–H groups in total. The number of halogens is 2. The normalized spacial score (nSPS) is 11.5. The third-order valence-electron chi connectivity index (χ3n) is 3.47. The van der Waals surface area contributed by atoms with E-state index in [0.717, 1.165) is 4.47 Å². The third kappa shape index (κ3) is 3.44. The van der Waals surface area contributed by atoms with Crippen LogP contribution in [0.1, 0.15) is 0 Å². The monoisotopic (exact) mass is 440 g/mol. The fourth-order valence-corrected chi connectivity index (χ4v) is 4.09. The van der Waals surface area contributed by atoms with Crippen LogP contribution in [-0.4, -0.2) is 27.5 Å². The van der Waals surface area contributed by atoms with Gasteiger partial charge in [-0.15, -0.1) is 0 Å². The van der Waals surface area contributed by atoms with Crippen LogP contribution in [0.2, 0.25) is 5.02 Å². The van der Waals surface area contributed by atoms with E-state index in [1.54, 1.807) is 55.4 Å². The van der Waals surface area contributed by atoms with Crippen LogP contribution >= 0.6 is 27.5 Å². The number of nitrogens with zero attached hydrogens (tertiary/aromatic N) is 2. The predicted octanol–water partition coefficient (Wildman–Crippen LogP) is 4.66. The molecular weight excluding hydrogens is 428 g/mol. The number of sulfone groups is 1. The smallest absolute Gasteiger partial charge is 0.235 e. The number of oxazole rings is 1. The lowest BCUT2D eigenvalue weighted by Crippen LogP contribution is -2.13. The van der Waals surface area contributed by atoms with E-state index in [1.807, 2.05) is 0 Å². The number of hydrogen-bond acceptors (Lipinski definition) is 5. The molecule has 0 bridgehead atoms. The van der Waals surface area contributed by atoms with Crippen molar-refractivity contribution in [2.24, 2.45) is 0 Å². The summed E-state index contributed by atoms with van der Waals surface area (Å²) in [5, 5.41) is 0.288. The zero-order chi connectivity index (χ0) is 18.2. The van der Waals surface area contributed by atoms with E-state index in [1.165, 1.54) is 12.1 Å². The van der Waals surface area contributed by atoms with Crippen molar-refractivity contribution in [2.75, 3.05) is 19.0 Å². The minimum atomic E-state index is -3.84. The van der Waals surface area contributed by atoms with E-state index < -0.39 is 9.84 Å². The van der Waals surface area contributed by atoms with Gasteiger partial charge >= 0.3 is 0 Å². The number of anilines is 1. The van der Waals surface area contributed by atoms with Gasteiger partial charge in [-0.2, -0.15) is 4.98 Å². The molecule has 5 nitrogen and oxygen atoms in total. The highest BCUT2D eigenvalue weighted by atomic mass is 79.9. The fraction of sp³-hybridized carbons (Fsp3) is 0.118. The van der Waals surface area contributed by atoms with Gasteiger partial charge in [-0.1, -0.05) is 39.7 Å². The first-order chi connectivity index (χ1) is 11.8. The van der Waals surface area contributed by atoms with Gasteiger partial charge < -0.3 is 9.32 Å². The predicted molar refractivity (Wildman–Crippen MR) is 101 cm³/mol. The molecule has 0 atom stereocenters. The quantitative estimate of drug-likeness (QED) is 0.589. The van der Waals surface area contributed by atoms with Crippen molar-refractivity contribution in [3.8, 4) is 11.5 Å². The Hall–Kier alpha value is -1.83.